The van der Waals surface area contributed by atoms with E-state index >= 15 is 0 Å². The highest BCUT2D eigenvalue weighted by molar-refractivity contribution is 5.33. The minimum atomic E-state index is 0. The second kappa shape index (κ2) is 43.9. The molecule has 0 atom stereocenters. The number of hydrogen-bond acceptors (Lipinski definition) is 1. The summed E-state index contributed by atoms with van der Waals surface area (Å²) in [5.74, 6) is 1.80. The monoisotopic (exact) mass is 745 g/mol. The standard InChI is InChI=1S/C27H55N7O.7ClH/c1-24(2)21-32-16-7-17-35-27-19-25(22-33-14-5-12-30-10-3-8-28)18-26(20-27)23-34-15-6-13-31-11-4-9-29;;;;;;;/h18-20,24,30-34H,3-17,21-23,28-29H2,1-2H3;7*1H. The second-order valence-electron chi connectivity index (χ2n) is 10.3. The fourth-order valence-electron chi connectivity index (χ4n) is 4.13. The van der Waals surface area contributed by atoms with Crippen LogP contribution in [0.4, 0.5) is 0 Å². The third kappa shape index (κ3) is 37.0. The van der Waals surface area contributed by atoms with Crippen LogP contribution in [-0.4, -0.2) is 72.1 Å². The SMILES string of the molecule is CC(C)C[NH2+]CCCOc1cc(C[NH2+]CCC[NH2+]CCC[NH3+])cc(C[NH2+]CCC[NH2+]CCC[NH3+])c1.[Cl-].[Cl-].[Cl-].[Cl-].[Cl-].[Cl-].[Cl-]. The lowest BCUT2D eigenvalue weighted by Gasteiger charge is -2.11. The first-order valence-corrected chi connectivity index (χ1v) is 14.6. The Kier molecular flexibility index (Phi) is 61.0. The Morgan fingerprint density at radius 3 is 1.38 bits per heavy atom. The number of nitrogens with two attached hydrogens (primary N) is 5. The molecule has 42 heavy (non-hydrogen) atoms. The van der Waals surface area contributed by atoms with Gasteiger partial charge in [0.15, 0.2) is 0 Å². The molecule has 0 bridgehead atoms. The van der Waals surface area contributed by atoms with Gasteiger partial charge in [0.2, 0.25) is 0 Å². The van der Waals surface area contributed by atoms with E-state index in [-0.39, 0.29) is 86.8 Å². The summed E-state index contributed by atoms with van der Waals surface area (Å²) in [6, 6.07) is 6.91. The number of quaternary nitrogens is 7. The summed E-state index contributed by atoms with van der Waals surface area (Å²) < 4.78 is 6.19. The molecule has 0 aliphatic rings. The fourth-order valence-corrected chi connectivity index (χ4v) is 4.13. The van der Waals surface area contributed by atoms with E-state index in [1.165, 1.54) is 82.6 Å². The lowest BCUT2D eigenvalue weighted by Crippen LogP contribution is -3.00. The van der Waals surface area contributed by atoms with Gasteiger partial charge in [0.1, 0.15) is 18.8 Å². The smallest absolute Gasteiger partial charge is 0.120 e. The van der Waals surface area contributed by atoms with E-state index in [1.807, 2.05) is 0 Å². The second-order valence-corrected chi connectivity index (χ2v) is 10.3. The van der Waals surface area contributed by atoms with Crippen molar-refractivity contribution in [1.29, 1.82) is 0 Å². The Morgan fingerprint density at radius 2 is 0.952 bits per heavy atom. The van der Waals surface area contributed by atoms with Gasteiger partial charge in [0.25, 0.3) is 0 Å². The largest absolute Gasteiger partial charge is 1.00 e. The van der Waals surface area contributed by atoms with Crippen LogP contribution in [0.5, 0.6) is 5.75 Å². The zero-order chi connectivity index (χ0) is 25.4. The van der Waals surface area contributed by atoms with E-state index in [0.29, 0.717) is 0 Å². The van der Waals surface area contributed by atoms with Crippen molar-refractivity contribution in [2.45, 2.75) is 59.0 Å². The van der Waals surface area contributed by atoms with Crippen LogP contribution in [0.15, 0.2) is 18.2 Å². The maximum atomic E-state index is 6.19. The van der Waals surface area contributed by atoms with E-state index in [1.54, 1.807) is 0 Å². The molecule has 0 aliphatic carbocycles. The molecule has 0 radical (unpaired) electrons. The van der Waals surface area contributed by atoms with Crippen LogP contribution in [-0.2, 0) is 13.1 Å². The number of rotatable bonds is 25. The average Bonchev–Trinajstić information content (AvgIpc) is 2.84. The van der Waals surface area contributed by atoms with Crippen LogP contribution >= 0.6 is 0 Å². The predicted molar refractivity (Wildman–Crippen MR) is 141 cm³/mol. The van der Waals surface area contributed by atoms with Gasteiger partial charge in [-0.1, -0.05) is 13.8 Å². The molecule has 1 aromatic carbocycles. The first-order chi connectivity index (χ1) is 17.2. The molecule has 0 amide bonds. The zero-order valence-corrected chi connectivity index (χ0v) is 31.2. The Bertz CT molecular complexity index is 590. The summed E-state index contributed by atoms with van der Waals surface area (Å²) in [4.78, 5) is 0. The lowest BCUT2D eigenvalue weighted by molar-refractivity contribution is -0.690. The van der Waals surface area contributed by atoms with E-state index < -0.39 is 0 Å². The molecule has 16 N–H and O–H groups in total. The topological polar surface area (TPSA) is 148 Å². The Labute approximate surface area is 300 Å². The number of ether oxygens (including phenoxy) is 1. The minimum Gasteiger partial charge on any atom is -1.00 e. The molecule has 1 rings (SSSR count). The lowest BCUT2D eigenvalue weighted by atomic mass is 10.1. The van der Waals surface area contributed by atoms with Crippen LogP contribution in [0, 0.1) is 5.92 Å². The van der Waals surface area contributed by atoms with Crippen molar-refractivity contribution in [3.05, 3.63) is 29.3 Å². The Morgan fingerprint density at radius 1 is 0.548 bits per heavy atom. The molecule has 260 valence electrons. The minimum absolute atomic E-state index is 0. The van der Waals surface area contributed by atoms with E-state index in [2.05, 4.69) is 70.1 Å². The van der Waals surface area contributed by atoms with Gasteiger partial charge < -0.3 is 130 Å². The molecule has 8 nitrogen and oxygen atoms in total. The van der Waals surface area contributed by atoms with Crippen molar-refractivity contribution >= 4 is 0 Å². The first-order valence-electron chi connectivity index (χ1n) is 14.6. The first kappa shape index (κ1) is 58.3. The molecule has 0 heterocycles. The molecule has 0 saturated heterocycles. The molecular weight excluding hydrogens is 687 g/mol. The van der Waals surface area contributed by atoms with Crippen LogP contribution in [0.2, 0.25) is 0 Å². The Balaban J connectivity index is -0.000000350. The van der Waals surface area contributed by atoms with Gasteiger partial charge in [-0.05, 0) is 18.2 Å². The summed E-state index contributed by atoms with van der Waals surface area (Å²) in [5.41, 5.74) is 10.6. The van der Waals surface area contributed by atoms with Crippen LogP contribution < -0.4 is 130 Å². The third-order valence-electron chi connectivity index (χ3n) is 6.20. The molecule has 0 saturated carbocycles. The quantitative estimate of drug-likeness (QED) is 0.0490. The maximum absolute atomic E-state index is 6.19. The van der Waals surface area contributed by atoms with Crippen molar-refractivity contribution in [1.82, 2.24) is 0 Å². The average molecular weight is 749 g/mol. The van der Waals surface area contributed by atoms with Crippen LogP contribution in [0.1, 0.15) is 57.1 Å². The van der Waals surface area contributed by atoms with Crippen molar-refractivity contribution < 1.29 is 130 Å². The summed E-state index contributed by atoms with van der Waals surface area (Å²) in [6.45, 7) is 19.1. The van der Waals surface area contributed by atoms with Crippen molar-refractivity contribution in [2.75, 3.05) is 72.1 Å². The van der Waals surface area contributed by atoms with Gasteiger partial charge in [-0.2, -0.15) is 0 Å². The van der Waals surface area contributed by atoms with Gasteiger partial charge in [-0.3, -0.25) is 0 Å². The van der Waals surface area contributed by atoms with E-state index in [4.69, 9.17) is 4.74 Å². The summed E-state index contributed by atoms with van der Waals surface area (Å²) in [5, 5.41) is 12.2. The highest BCUT2D eigenvalue weighted by Gasteiger charge is 2.07. The maximum Gasteiger partial charge on any atom is 0.120 e. The van der Waals surface area contributed by atoms with Crippen molar-refractivity contribution in [3.8, 4) is 5.75 Å². The summed E-state index contributed by atoms with van der Waals surface area (Å²) in [7, 11) is 0. The summed E-state index contributed by atoms with van der Waals surface area (Å²) >= 11 is 0. The highest BCUT2D eigenvalue weighted by atomic mass is 35.5. The number of hydrogen-bond donors (Lipinski definition) is 7. The van der Waals surface area contributed by atoms with Gasteiger partial charge >= 0.3 is 0 Å². The van der Waals surface area contributed by atoms with Crippen molar-refractivity contribution in [2.24, 2.45) is 5.92 Å². The van der Waals surface area contributed by atoms with Gasteiger partial charge in [-0.15, -0.1) is 0 Å². The van der Waals surface area contributed by atoms with Crippen molar-refractivity contribution in [3.63, 3.8) is 0 Å². The van der Waals surface area contributed by atoms with Crippen LogP contribution in [0.3, 0.4) is 0 Å². The predicted octanol–water partition coefficient (Wildman–Crippen LogP) is -26.0. The molecule has 0 aliphatic heterocycles. The fraction of sp³-hybridized carbons (Fsp3) is 0.778. The molecule has 0 spiro atoms. The Hall–Kier alpha value is 0.770. The van der Waals surface area contributed by atoms with Crippen LogP contribution in [0.25, 0.3) is 0 Å². The normalized spacial score (nSPS) is 9.55. The summed E-state index contributed by atoms with van der Waals surface area (Å²) in [6.07, 6.45) is 6.06. The molecule has 0 unspecified atom stereocenters. The molecule has 0 fully saturated rings. The zero-order valence-electron chi connectivity index (χ0n) is 25.9. The molecule has 0 aromatic heterocycles. The highest BCUT2D eigenvalue weighted by Crippen LogP contribution is 2.17. The van der Waals surface area contributed by atoms with E-state index in [0.717, 1.165) is 57.4 Å². The number of halogens is 7. The molecule has 15 heteroatoms. The van der Waals surface area contributed by atoms with E-state index in [9.17, 15) is 0 Å². The van der Waals surface area contributed by atoms with Gasteiger partial charge in [0.05, 0.1) is 72.1 Å². The number of benzene rings is 1. The third-order valence-corrected chi connectivity index (χ3v) is 6.20. The molecule has 1 aromatic rings. The molecular formula is C27H62Cl7N7O. The van der Waals surface area contributed by atoms with Gasteiger partial charge in [-0.25, -0.2) is 0 Å². The van der Waals surface area contributed by atoms with Gasteiger partial charge in [0, 0.05) is 49.1 Å².